The Morgan fingerprint density at radius 2 is 2.00 bits per heavy atom. The van der Waals surface area contributed by atoms with Crippen molar-refractivity contribution in [2.75, 3.05) is 25.2 Å². The first-order valence-corrected chi connectivity index (χ1v) is 7.98. The summed E-state index contributed by atoms with van der Waals surface area (Å²) in [5.41, 5.74) is 1.67. The summed E-state index contributed by atoms with van der Waals surface area (Å²) >= 11 is 3.37. The van der Waals surface area contributed by atoms with Crippen molar-refractivity contribution in [2.24, 2.45) is 0 Å². The van der Waals surface area contributed by atoms with Crippen molar-refractivity contribution in [1.82, 2.24) is 5.32 Å². The Hall–Kier alpha value is -2.05. The van der Waals surface area contributed by atoms with Crippen molar-refractivity contribution in [3.63, 3.8) is 0 Å². The Morgan fingerprint density at radius 1 is 1.26 bits per heavy atom. The molecule has 0 atom stereocenters. The number of urea groups is 1. The Balaban J connectivity index is 2.04. The predicted octanol–water partition coefficient (Wildman–Crippen LogP) is 3.17. The second-order valence-electron chi connectivity index (χ2n) is 4.86. The van der Waals surface area contributed by atoms with Crippen LogP contribution in [0.2, 0.25) is 0 Å². The second-order valence-corrected chi connectivity index (χ2v) is 5.78. The molecule has 0 aromatic heterocycles. The van der Waals surface area contributed by atoms with E-state index in [9.17, 15) is 9.90 Å². The number of anilines is 1. The third-order valence-electron chi connectivity index (χ3n) is 3.28. The van der Waals surface area contributed by atoms with Gasteiger partial charge in [0.05, 0.1) is 20.3 Å². The number of rotatable bonds is 6. The van der Waals surface area contributed by atoms with Gasteiger partial charge >= 0.3 is 6.03 Å². The lowest BCUT2D eigenvalue weighted by Crippen LogP contribution is -2.41. The van der Waals surface area contributed by atoms with Gasteiger partial charge in [0, 0.05) is 16.7 Å². The highest BCUT2D eigenvalue weighted by Crippen LogP contribution is 2.18. The zero-order valence-corrected chi connectivity index (χ0v) is 14.4. The lowest BCUT2D eigenvalue weighted by Gasteiger charge is -2.22. The van der Waals surface area contributed by atoms with Gasteiger partial charge in [-0.2, -0.15) is 0 Å². The highest BCUT2D eigenvalue weighted by molar-refractivity contribution is 9.10. The van der Waals surface area contributed by atoms with Crippen LogP contribution in [0.4, 0.5) is 10.5 Å². The van der Waals surface area contributed by atoms with E-state index in [1.54, 1.807) is 7.11 Å². The number of methoxy groups -OCH3 is 1. The van der Waals surface area contributed by atoms with E-state index in [0.717, 1.165) is 21.5 Å². The topological polar surface area (TPSA) is 61.8 Å². The van der Waals surface area contributed by atoms with Gasteiger partial charge in [0.25, 0.3) is 0 Å². The first-order valence-electron chi connectivity index (χ1n) is 7.18. The van der Waals surface area contributed by atoms with Crippen molar-refractivity contribution in [2.45, 2.75) is 6.54 Å². The number of hydrogen-bond acceptors (Lipinski definition) is 3. The fraction of sp³-hybridized carbons (Fsp3) is 0.235. The summed E-state index contributed by atoms with van der Waals surface area (Å²) in [6.45, 7) is 0.503. The summed E-state index contributed by atoms with van der Waals surface area (Å²) < 4.78 is 6.10. The van der Waals surface area contributed by atoms with Gasteiger partial charge in [-0.05, 0) is 42.0 Å². The highest BCUT2D eigenvalue weighted by Gasteiger charge is 2.14. The number of carbonyl (C=O) groups excluding carboxylic acids is 1. The third kappa shape index (κ3) is 4.97. The van der Waals surface area contributed by atoms with E-state index in [1.807, 2.05) is 48.5 Å². The van der Waals surface area contributed by atoms with Gasteiger partial charge in [-0.15, -0.1) is 0 Å². The van der Waals surface area contributed by atoms with Crippen LogP contribution in [0.5, 0.6) is 5.75 Å². The van der Waals surface area contributed by atoms with Gasteiger partial charge in [0.2, 0.25) is 0 Å². The van der Waals surface area contributed by atoms with Gasteiger partial charge in [0.1, 0.15) is 5.75 Å². The van der Waals surface area contributed by atoms with Crippen LogP contribution in [0.3, 0.4) is 0 Å². The maximum atomic E-state index is 12.4. The number of nitrogens with zero attached hydrogens (tertiary/aromatic N) is 1. The number of aliphatic hydroxyl groups is 1. The van der Waals surface area contributed by atoms with E-state index in [2.05, 4.69) is 21.2 Å². The molecule has 6 heteroatoms. The summed E-state index contributed by atoms with van der Waals surface area (Å²) in [7, 11) is 1.61. The molecule has 0 unspecified atom stereocenters. The van der Waals surface area contributed by atoms with Gasteiger partial charge in [-0.1, -0.05) is 28.1 Å². The van der Waals surface area contributed by atoms with E-state index in [1.165, 1.54) is 4.90 Å². The van der Waals surface area contributed by atoms with Crippen LogP contribution in [0.25, 0.3) is 0 Å². The molecule has 2 aromatic carbocycles. The maximum Gasteiger partial charge on any atom is 0.322 e. The normalized spacial score (nSPS) is 10.2. The lowest BCUT2D eigenvalue weighted by atomic mass is 10.2. The number of amides is 2. The molecule has 2 N–H and O–H groups in total. The minimum Gasteiger partial charge on any atom is -0.497 e. The van der Waals surface area contributed by atoms with E-state index in [-0.39, 0.29) is 19.2 Å². The molecule has 23 heavy (non-hydrogen) atoms. The first kappa shape index (κ1) is 17.3. The molecule has 0 aliphatic rings. The van der Waals surface area contributed by atoms with Gasteiger partial charge in [-0.25, -0.2) is 4.79 Å². The van der Waals surface area contributed by atoms with Crippen LogP contribution >= 0.6 is 15.9 Å². The molecule has 0 aliphatic heterocycles. The fourth-order valence-corrected chi connectivity index (χ4v) is 2.39. The molecule has 0 saturated heterocycles. The van der Waals surface area contributed by atoms with Crippen LogP contribution in [-0.4, -0.2) is 31.4 Å². The Morgan fingerprint density at radius 3 is 2.65 bits per heavy atom. The van der Waals surface area contributed by atoms with Crippen LogP contribution in [-0.2, 0) is 6.54 Å². The van der Waals surface area contributed by atoms with Crippen LogP contribution in [0, 0.1) is 0 Å². The minimum absolute atomic E-state index is 0.108. The molecular weight excluding hydrogens is 360 g/mol. The predicted molar refractivity (Wildman–Crippen MR) is 93.8 cm³/mol. The second kappa shape index (κ2) is 8.55. The van der Waals surface area contributed by atoms with Crippen LogP contribution < -0.4 is 15.0 Å². The number of hydrogen-bond donors (Lipinski definition) is 2. The number of ether oxygens (including phenoxy) is 1. The summed E-state index contributed by atoms with van der Waals surface area (Å²) in [6.07, 6.45) is 0. The summed E-state index contributed by atoms with van der Waals surface area (Å²) in [5.74, 6) is 0.747. The van der Waals surface area contributed by atoms with Gasteiger partial charge in [0.15, 0.2) is 0 Å². The first-order chi connectivity index (χ1) is 11.1. The number of nitrogens with one attached hydrogen (secondary N) is 1. The van der Waals surface area contributed by atoms with Crippen molar-refractivity contribution in [1.29, 1.82) is 0 Å². The Bertz CT molecular complexity index is 647. The van der Waals surface area contributed by atoms with Gasteiger partial charge < -0.3 is 15.2 Å². The molecule has 0 bridgehead atoms. The molecule has 2 amide bonds. The number of aliphatic hydroxyl groups excluding tert-OH is 1. The average Bonchev–Trinajstić information content (AvgIpc) is 2.58. The molecule has 0 saturated carbocycles. The van der Waals surface area contributed by atoms with E-state index in [0.29, 0.717) is 6.54 Å². The standard InChI is InChI=1S/C17H19BrN2O3/c1-23-16-4-2-3-13(11-16)12-19-17(22)20(9-10-21)15-7-5-14(18)6-8-15/h2-8,11,21H,9-10,12H2,1H3,(H,19,22). The number of halogens is 1. The molecule has 122 valence electrons. The van der Waals surface area contributed by atoms with Crippen LogP contribution in [0.1, 0.15) is 5.56 Å². The molecule has 0 fully saturated rings. The molecule has 0 aliphatic carbocycles. The quantitative estimate of drug-likeness (QED) is 0.811. The van der Waals surface area contributed by atoms with E-state index in [4.69, 9.17) is 4.74 Å². The molecule has 0 radical (unpaired) electrons. The van der Waals surface area contributed by atoms with E-state index >= 15 is 0 Å². The maximum absolute atomic E-state index is 12.4. The monoisotopic (exact) mass is 378 g/mol. The zero-order chi connectivity index (χ0) is 16.7. The number of benzene rings is 2. The lowest BCUT2D eigenvalue weighted by molar-refractivity contribution is 0.241. The average molecular weight is 379 g/mol. The summed E-state index contributed by atoms with van der Waals surface area (Å²) in [4.78, 5) is 13.9. The third-order valence-corrected chi connectivity index (χ3v) is 3.81. The van der Waals surface area contributed by atoms with Crippen molar-refractivity contribution < 1.29 is 14.6 Å². The van der Waals surface area contributed by atoms with Crippen molar-refractivity contribution in [3.05, 3.63) is 58.6 Å². The molecular formula is C17H19BrN2O3. The van der Waals surface area contributed by atoms with Gasteiger partial charge in [-0.3, -0.25) is 4.90 Å². The number of carbonyl (C=O) groups is 1. The molecule has 0 heterocycles. The Labute approximate surface area is 144 Å². The summed E-state index contributed by atoms with van der Waals surface area (Å²) in [5, 5.41) is 12.1. The zero-order valence-electron chi connectivity index (χ0n) is 12.8. The smallest absolute Gasteiger partial charge is 0.322 e. The van der Waals surface area contributed by atoms with Crippen molar-refractivity contribution >= 4 is 27.6 Å². The summed E-state index contributed by atoms with van der Waals surface area (Å²) in [6, 6.07) is 14.6. The van der Waals surface area contributed by atoms with E-state index < -0.39 is 0 Å². The highest BCUT2D eigenvalue weighted by atomic mass is 79.9. The largest absolute Gasteiger partial charge is 0.497 e. The molecule has 2 aromatic rings. The Kier molecular flexibility index (Phi) is 6.43. The molecule has 5 nitrogen and oxygen atoms in total. The van der Waals surface area contributed by atoms with Crippen LogP contribution in [0.15, 0.2) is 53.0 Å². The SMILES string of the molecule is COc1cccc(CNC(=O)N(CCO)c2ccc(Br)cc2)c1. The fourth-order valence-electron chi connectivity index (χ4n) is 2.12. The minimum atomic E-state index is -0.260. The molecule has 0 spiro atoms. The molecule has 2 rings (SSSR count). The van der Waals surface area contributed by atoms with Crippen molar-refractivity contribution in [3.8, 4) is 5.75 Å².